The van der Waals surface area contributed by atoms with Gasteiger partial charge in [0.25, 0.3) is 0 Å². The van der Waals surface area contributed by atoms with Gasteiger partial charge >= 0.3 is 0 Å². The van der Waals surface area contributed by atoms with Crippen molar-refractivity contribution < 1.29 is 9.47 Å². The largest absolute Gasteiger partial charge is 0.493 e. The molecule has 6 nitrogen and oxygen atoms in total. The topological polar surface area (TPSA) is 51.9 Å². The molecule has 0 fully saturated rings. The molecular weight excluding hydrogens is 304 g/mol. The van der Waals surface area contributed by atoms with Crippen molar-refractivity contribution in [2.75, 3.05) is 32.2 Å². The summed E-state index contributed by atoms with van der Waals surface area (Å²) in [5.74, 6) is 2.27. The highest BCUT2D eigenvalue weighted by atomic mass is 16.5. The molecule has 0 atom stereocenters. The molecule has 0 aliphatic rings. The summed E-state index contributed by atoms with van der Waals surface area (Å²) in [4.78, 5) is 11.5. The van der Waals surface area contributed by atoms with E-state index in [-0.39, 0.29) is 0 Å². The summed E-state index contributed by atoms with van der Waals surface area (Å²) in [5.41, 5.74) is 2.69. The Kier molecular flexibility index (Phi) is 4.55. The lowest BCUT2D eigenvalue weighted by molar-refractivity contribution is 0.355. The van der Waals surface area contributed by atoms with Crippen LogP contribution in [0.25, 0.3) is 16.9 Å². The van der Waals surface area contributed by atoms with Crippen molar-refractivity contribution in [3.05, 3.63) is 36.7 Å². The van der Waals surface area contributed by atoms with Crippen molar-refractivity contribution in [1.29, 1.82) is 0 Å². The van der Waals surface area contributed by atoms with E-state index >= 15 is 0 Å². The van der Waals surface area contributed by atoms with Gasteiger partial charge in [0.15, 0.2) is 11.5 Å². The maximum Gasteiger partial charge on any atom is 0.211 e. The fourth-order valence-corrected chi connectivity index (χ4v) is 2.78. The number of hydrogen-bond donors (Lipinski definition) is 0. The van der Waals surface area contributed by atoms with Crippen molar-refractivity contribution in [2.45, 2.75) is 13.8 Å². The van der Waals surface area contributed by atoms with E-state index < -0.39 is 0 Å². The predicted molar refractivity (Wildman–Crippen MR) is 95.1 cm³/mol. The molecular formula is C18H22N4O2. The molecule has 3 rings (SSSR count). The van der Waals surface area contributed by atoms with Crippen molar-refractivity contribution in [3.63, 3.8) is 0 Å². The zero-order chi connectivity index (χ0) is 17.1. The van der Waals surface area contributed by atoms with Crippen LogP contribution in [0.15, 0.2) is 36.7 Å². The maximum absolute atomic E-state index is 5.41. The van der Waals surface area contributed by atoms with Crippen LogP contribution in [0.3, 0.4) is 0 Å². The minimum Gasteiger partial charge on any atom is -0.493 e. The van der Waals surface area contributed by atoms with Crippen LogP contribution in [0, 0.1) is 0 Å². The average Bonchev–Trinajstić information content (AvgIpc) is 3.10. The number of hydrogen-bond acceptors (Lipinski definition) is 5. The molecule has 0 aliphatic carbocycles. The molecule has 24 heavy (non-hydrogen) atoms. The number of fused-ring (bicyclic) bond motifs is 1. The van der Waals surface area contributed by atoms with Crippen LogP contribution in [-0.4, -0.2) is 41.7 Å². The molecule has 0 amide bonds. The SMILES string of the molecule is CCN(CC)c1nc(-c2ccc(OC)c(OC)c2)cc2nccn12. The average molecular weight is 326 g/mol. The lowest BCUT2D eigenvalue weighted by Gasteiger charge is -2.21. The number of ether oxygens (including phenoxy) is 2. The van der Waals surface area contributed by atoms with Crippen molar-refractivity contribution in [1.82, 2.24) is 14.4 Å². The van der Waals surface area contributed by atoms with E-state index in [1.54, 1.807) is 20.4 Å². The van der Waals surface area contributed by atoms with Gasteiger partial charge in [-0.25, -0.2) is 9.97 Å². The van der Waals surface area contributed by atoms with Crippen LogP contribution in [-0.2, 0) is 0 Å². The number of methoxy groups -OCH3 is 2. The van der Waals surface area contributed by atoms with Crippen LogP contribution in [0.2, 0.25) is 0 Å². The van der Waals surface area contributed by atoms with Gasteiger partial charge in [0, 0.05) is 37.1 Å². The Bertz CT molecular complexity index is 840. The van der Waals surface area contributed by atoms with E-state index in [0.717, 1.165) is 35.9 Å². The summed E-state index contributed by atoms with van der Waals surface area (Å²) in [7, 11) is 3.26. The Hall–Kier alpha value is -2.76. The molecule has 126 valence electrons. The smallest absolute Gasteiger partial charge is 0.211 e. The monoisotopic (exact) mass is 326 g/mol. The van der Waals surface area contributed by atoms with E-state index in [2.05, 4.69) is 23.7 Å². The zero-order valence-corrected chi connectivity index (χ0v) is 14.5. The normalized spacial score (nSPS) is 10.8. The second-order valence-corrected chi connectivity index (χ2v) is 5.34. The van der Waals surface area contributed by atoms with Crippen LogP contribution in [0.1, 0.15) is 13.8 Å². The van der Waals surface area contributed by atoms with E-state index in [0.29, 0.717) is 11.5 Å². The molecule has 0 unspecified atom stereocenters. The quantitative estimate of drug-likeness (QED) is 0.696. The molecule has 6 heteroatoms. The summed E-state index contributed by atoms with van der Waals surface area (Å²) in [6.07, 6.45) is 3.73. The number of nitrogens with zero attached hydrogens (tertiary/aromatic N) is 4. The van der Waals surface area contributed by atoms with Gasteiger partial charge in [-0.1, -0.05) is 0 Å². The Morgan fingerprint density at radius 2 is 1.79 bits per heavy atom. The zero-order valence-electron chi connectivity index (χ0n) is 14.5. The number of anilines is 1. The second kappa shape index (κ2) is 6.78. The third-order valence-corrected chi connectivity index (χ3v) is 4.10. The molecule has 3 aromatic rings. The first-order chi connectivity index (χ1) is 11.7. The van der Waals surface area contributed by atoms with Gasteiger partial charge in [-0.15, -0.1) is 0 Å². The number of aromatic nitrogens is 3. The first kappa shape index (κ1) is 16.1. The van der Waals surface area contributed by atoms with Crippen LogP contribution in [0.4, 0.5) is 5.95 Å². The summed E-state index contributed by atoms with van der Waals surface area (Å²) in [5, 5.41) is 0. The van der Waals surface area contributed by atoms with Gasteiger partial charge in [0.2, 0.25) is 5.95 Å². The van der Waals surface area contributed by atoms with Crippen LogP contribution in [0.5, 0.6) is 11.5 Å². The Labute approximate surface area is 141 Å². The molecule has 0 N–H and O–H groups in total. The number of benzene rings is 1. The molecule has 0 radical (unpaired) electrons. The first-order valence-electron chi connectivity index (χ1n) is 8.03. The molecule has 0 bridgehead atoms. The van der Waals surface area contributed by atoms with Gasteiger partial charge in [0.05, 0.1) is 19.9 Å². The number of rotatable bonds is 6. The fraction of sp³-hybridized carbons (Fsp3) is 0.333. The summed E-state index contributed by atoms with van der Waals surface area (Å²) in [6.45, 7) is 6.01. The highest BCUT2D eigenvalue weighted by molar-refractivity contribution is 5.69. The summed E-state index contributed by atoms with van der Waals surface area (Å²) >= 11 is 0. The molecule has 2 aromatic heterocycles. The summed E-state index contributed by atoms with van der Waals surface area (Å²) < 4.78 is 12.7. The minimum absolute atomic E-state index is 0.685. The van der Waals surface area contributed by atoms with Gasteiger partial charge in [-0.2, -0.15) is 0 Å². The van der Waals surface area contributed by atoms with Gasteiger partial charge < -0.3 is 14.4 Å². The standard InChI is InChI=1S/C18H22N4O2/c1-5-21(6-2)18-20-14(12-17-19-9-10-22(17)18)13-7-8-15(23-3)16(11-13)24-4/h7-12H,5-6H2,1-4H3. The molecule has 0 saturated heterocycles. The third kappa shape index (κ3) is 2.75. The molecule has 2 heterocycles. The molecule has 0 saturated carbocycles. The predicted octanol–water partition coefficient (Wildman–Crippen LogP) is 3.26. The molecule has 0 aliphatic heterocycles. The Balaban J connectivity index is 2.16. The minimum atomic E-state index is 0.685. The number of imidazole rings is 1. The highest BCUT2D eigenvalue weighted by Crippen LogP contribution is 2.32. The second-order valence-electron chi connectivity index (χ2n) is 5.34. The van der Waals surface area contributed by atoms with Gasteiger partial charge in [-0.3, -0.25) is 4.40 Å². The van der Waals surface area contributed by atoms with Crippen LogP contribution < -0.4 is 14.4 Å². The summed E-state index contributed by atoms with van der Waals surface area (Å²) in [6, 6.07) is 7.79. The lowest BCUT2D eigenvalue weighted by Crippen LogP contribution is -2.25. The van der Waals surface area contributed by atoms with E-state index in [1.807, 2.05) is 34.9 Å². The fourth-order valence-electron chi connectivity index (χ4n) is 2.78. The lowest BCUT2D eigenvalue weighted by atomic mass is 10.1. The van der Waals surface area contributed by atoms with Crippen molar-refractivity contribution in [2.24, 2.45) is 0 Å². The highest BCUT2D eigenvalue weighted by Gasteiger charge is 2.14. The van der Waals surface area contributed by atoms with E-state index in [9.17, 15) is 0 Å². The third-order valence-electron chi connectivity index (χ3n) is 4.10. The first-order valence-corrected chi connectivity index (χ1v) is 8.03. The van der Waals surface area contributed by atoms with Gasteiger partial charge in [0.1, 0.15) is 5.65 Å². The van der Waals surface area contributed by atoms with Crippen molar-refractivity contribution >= 4 is 11.6 Å². The van der Waals surface area contributed by atoms with Crippen molar-refractivity contribution in [3.8, 4) is 22.8 Å². The Morgan fingerprint density at radius 3 is 2.46 bits per heavy atom. The van der Waals surface area contributed by atoms with E-state index in [4.69, 9.17) is 14.5 Å². The maximum atomic E-state index is 5.41. The van der Waals surface area contributed by atoms with Gasteiger partial charge in [-0.05, 0) is 32.0 Å². The molecule has 1 aromatic carbocycles. The van der Waals surface area contributed by atoms with Crippen LogP contribution >= 0.6 is 0 Å². The molecule has 0 spiro atoms. The Morgan fingerprint density at radius 1 is 1.04 bits per heavy atom. The van der Waals surface area contributed by atoms with E-state index in [1.165, 1.54) is 0 Å².